The minimum absolute atomic E-state index is 0.660. The number of benzene rings is 3. The molecule has 0 bridgehead atoms. The highest BCUT2D eigenvalue weighted by Crippen LogP contribution is 2.19. The molecule has 0 aliphatic rings. The van der Waals surface area contributed by atoms with Crippen molar-refractivity contribution >= 4 is 50.5 Å². The first-order valence-electron chi connectivity index (χ1n) is 8.72. The minimum Gasteiger partial charge on any atom is -0.497 e. The molecular weight excluding hydrogens is 456 g/mol. The Morgan fingerprint density at radius 2 is 1.46 bits per heavy atom. The molecule has 3 aromatic rings. The maximum absolute atomic E-state index is 6.02. The van der Waals surface area contributed by atoms with E-state index in [9.17, 15) is 0 Å². The highest BCUT2D eigenvalue weighted by molar-refractivity contribution is 9.10. The Morgan fingerprint density at radius 1 is 0.929 bits per heavy atom. The van der Waals surface area contributed by atoms with Gasteiger partial charge in [0.05, 0.1) is 7.11 Å². The number of hydrogen-bond acceptors (Lipinski definition) is 2. The molecule has 0 aliphatic carbocycles. The second kappa shape index (κ2) is 9.92. The lowest BCUT2D eigenvalue weighted by Crippen LogP contribution is -2.33. The van der Waals surface area contributed by atoms with E-state index in [0.29, 0.717) is 18.2 Å². The number of anilines is 1. The Bertz CT molecular complexity index is 915. The van der Waals surface area contributed by atoms with Crippen LogP contribution < -0.4 is 10.1 Å². The maximum Gasteiger partial charge on any atom is 0.174 e. The van der Waals surface area contributed by atoms with Crippen LogP contribution in [0, 0.1) is 0 Å². The summed E-state index contributed by atoms with van der Waals surface area (Å²) in [6.07, 6.45) is 0. The van der Waals surface area contributed by atoms with Gasteiger partial charge >= 0.3 is 0 Å². The molecule has 144 valence electrons. The van der Waals surface area contributed by atoms with E-state index in [1.807, 2.05) is 60.7 Å². The molecule has 28 heavy (non-hydrogen) atoms. The van der Waals surface area contributed by atoms with Gasteiger partial charge in [-0.05, 0) is 71.9 Å². The average Bonchev–Trinajstić information content (AvgIpc) is 2.71. The van der Waals surface area contributed by atoms with E-state index in [1.165, 1.54) is 0 Å². The van der Waals surface area contributed by atoms with E-state index < -0.39 is 0 Å². The number of rotatable bonds is 6. The SMILES string of the molecule is COc1ccc(CN(Cc2ccc(Cl)cc2)C(=S)Nc2ccc(Br)cc2)cc1. The van der Waals surface area contributed by atoms with Crippen molar-refractivity contribution in [2.75, 3.05) is 12.4 Å². The zero-order chi connectivity index (χ0) is 19.9. The Hall–Kier alpha value is -2.08. The van der Waals surface area contributed by atoms with Crippen molar-refractivity contribution in [1.29, 1.82) is 0 Å². The fourth-order valence-electron chi connectivity index (χ4n) is 2.70. The number of nitrogens with one attached hydrogen (secondary N) is 1. The molecule has 0 radical (unpaired) electrons. The molecule has 0 amide bonds. The molecule has 0 saturated heterocycles. The van der Waals surface area contributed by atoms with Crippen LogP contribution in [0.2, 0.25) is 5.02 Å². The van der Waals surface area contributed by atoms with Crippen LogP contribution in [-0.4, -0.2) is 17.1 Å². The normalized spacial score (nSPS) is 10.4. The highest BCUT2D eigenvalue weighted by atomic mass is 79.9. The molecule has 0 heterocycles. The first kappa shape index (κ1) is 20.6. The minimum atomic E-state index is 0.660. The summed E-state index contributed by atoms with van der Waals surface area (Å²) in [5, 5.41) is 4.71. The summed E-state index contributed by atoms with van der Waals surface area (Å²) in [6, 6.07) is 23.8. The largest absolute Gasteiger partial charge is 0.497 e. The van der Waals surface area contributed by atoms with Gasteiger partial charge in [-0.2, -0.15) is 0 Å². The van der Waals surface area contributed by atoms with Gasteiger partial charge < -0.3 is 15.0 Å². The fourth-order valence-corrected chi connectivity index (χ4v) is 3.33. The van der Waals surface area contributed by atoms with Crippen LogP contribution >= 0.6 is 39.7 Å². The zero-order valence-electron chi connectivity index (χ0n) is 15.4. The Labute approximate surface area is 184 Å². The third kappa shape index (κ3) is 5.96. The smallest absolute Gasteiger partial charge is 0.174 e. The fraction of sp³-hybridized carbons (Fsp3) is 0.136. The van der Waals surface area contributed by atoms with E-state index in [4.69, 9.17) is 28.6 Å². The Kier molecular flexibility index (Phi) is 7.31. The van der Waals surface area contributed by atoms with Crippen molar-refractivity contribution in [1.82, 2.24) is 4.90 Å². The molecular formula is C22H20BrClN2OS. The zero-order valence-corrected chi connectivity index (χ0v) is 18.5. The second-order valence-corrected chi connectivity index (χ2v) is 8.01. The first-order chi connectivity index (χ1) is 13.5. The molecule has 3 aromatic carbocycles. The third-order valence-electron chi connectivity index (χ3n) is 4.20. The summed E-state index contributed by atoms with van der Waals surface area (Å²) in [6.45, 7) is 1.35. The maximum atomic E-state index is 6.02. The van der Waals surface area contributed by atoms with Gasteiger partial charge in [-0.1, -0.05) is 51.8 Å². The third-order valence-corrected chi connectivity index (χ3v) is 5.34. The summed E-state index contributed by atoms with van der Waals surface area (Å²) in [7, 11) is 1.67. The van der Waals surface area contributed by atoms with Gasteiger partial charge in [0, 0.05) is 28.3 Å². The first-order valence-corrected chi connectivity index (χ1v) is 10.3. The monoisotopic (exact) mass is 474 g/mol. The molecule has 0 saturated carbocycles. The van der Waals surface area contributed by atoms with Crippen LogP contribution in [0.1, 0.15) is 11.1 Å². The van der Waals surface area contributed by atoms with Crippen molar-refractivity contribution in [2.45, 2.75) is 13.1 Å². The van der Waals surface area contributed by atoms with Crippen molar-refractivity contribution < 1.29 is 4.74 Å². The predicted molar refractivity (Wildman–Crippen MR) is 124 cm³/mol. The van der Waals surface area contributed by atoms with E-state index in [-0.39, 0.29) is 0 Å². The van der Waals surface area contributed by atoms with Gasteiger partial charge in [-0.3, -0.25) is 0 Å². The van der Waals surface area contributed by atoms with E-state index in [1.54, 1.807) is 7.11 Å². The number of halogens is 2. The number of thiocarbonyl (C=S) groups is 1. The van der Waals surface area contributed by atoms with Crippen molar-refractivity contribution in [2.24, 2.45) is 0 Å². The Balaban J connectivity index is 1.78. The molecule has 6 heteroatoms. The van der Waals surface area contributed by atoms with Gasteiger partial charge in [0.15, 0.2) is 5.11 Å². The van der Waals surface area contributed by atoms with E-state index in [2.05, 4.69) is 38.3 Å². The lowest BCUT2D eigenvalue weighted by molar-refractivity contribution is 0.407. The highest BCUT2D eigenvalue weighted by Gasteiger charge is 2.12. The lowest BCUT2D eigenvalue weighted by atomic mass is 10.1. The number of nitrogens with zero attached hydrogens (tertiary/aromatic N) is 1. The van der Waals surface area contributed by atoms with Crippen LogP contribution in [0.3, 0.4) is 0 Å². The molecule has 0 unspecified atom stereocenters. The molecule has 3 rings (SSSR count). The standard InChI is InChI=1S/C22H20BrClN2OS/c1-27-21-12-4-17(5-13-21)15-26(14-16-2-8-19(24)9-3-16)22(28)25-20-10-6-18(23)7-11-20/h2-13H,14-15H2,1H3,(H,25,28). The quantitative estimate of drug-likeness (QED) is 0.411. The van der Waals surface area contributed by atoms with Gasteiger partial charge in [-0.25, -0.2) is 0 Å². The summed E-state index contributed by atoms with van der Waals surface area (Å²) >= 11 is 15.2. The summed E-state index contributed by atoms with van der Waals surface area (Å²) < 4.78 is 6.28. The van der Waals surface area contributed by atoms with Crippen LogP contribution in [0.15, 0.2) is 77.3 Å². The van der Waals surface area contributed by atoms with Crippen molar-refractivity contribution in [3.05, 3.63) is 93.4 Å². The molecule has 3 nitrogen and oxygen atoms in total. The van der Waals surface area contributed by atoms with E-state index in [0.717, 1.165) is 32.1 Å². The van der Waals surface area contributed by atoms with Gasteiger partial charge in [0.1, 0.15) is 5.75 Å². The Morgan fingerprint density at radius 3 is 2.00 bits per heavy atom. The van der Waals surface area contributed by atoms with Crippen LogP contribution in [0.25, 0.3) is 0 Å². The molecule has 0 atom stereocenters. The van der Waals surface area contributed by atoms with Crippen LogP contribution in [-0.2, 0) is 13.1 Å². The summed E-state index contributed by atoms with van der Waals surface area (Å²) in [5.41, 5.74) is 3.23. The van der Waals surface area contributed by atoms with Crippen LogP contribution in [0.4, 0.5) is 5.69 Å². The van der Waals surface area contributed by atoms with Crippen molar-refractivity contribution in [3.8, 4) is 5.75 Å². The van der Waals surface area contributed by atoms with Crippen molar-refractivity contribution in [3.63, 3.8) is 0 Å². The summed E-state index contributed by atoms with van der Waals surface area (Å²) in [5.74, 6) is 0.837. The predicted octanol–water partition coefficient (Wildman–Crippen LogP) is 6.51. The molecule has 0 aromatic heterocycles. The van der Waals surface area contributed by atoms with Gasteiger partial charge in [0.25, 0.3) is 0 Å². The topological polar surface area (TPSA) is 24.5 Å². The average molecular weight is 476 g/mol. The number of methoxy groups -OCH3 is 1. The van der Waals surface area contributed by atoms with Crippen LogP contribution in [0.5, 0.6) is 5.75 Å². The molecule has 0 fully saturated rings. The van der Waals surface area contributed by atoms with Gasteiger partial charge in [0.2, 0.25) is 0 Å². The van der Waals surface area contributed by atoms with E-state index >= 15 is 0 Å². The summed E-state index contributed by atoms with van der Waals surface area (Å²) in [4.78, 5) is 2.13. The molecule has 0 spiro atoms. The lowest BCUT2D eigenvalue weighted by Gasteiger charge is -2.26. The van der Waals surface area contributed by atoms with Gasteiger partial charge in [-0.15, -0.1) is 0 Å². The number of hydrogen-bond donors (Lipinski definition) is 1. The number of ether oxygens (including phenoxy) is 1. The molecule has 0 aliphatic heterocycles. The molecule has 1 N–H and O–H groups in total. The second-order valence-electron chi connectivity index (χ2n) is 6.27.